The van der Waals surface area contributed by atoms with Gasteiger partial charge in [0.2, 0.25) is 0 Å². The van der Waals surface area contributed by atoms with Crippen LogP contribution in [0, 0.1) is 23.7 Å². The first-order valence-electron chi connectivity index (χ1n) is 13.6. The van der Waals surface area contributed by atoms with Crippen molar-refractivity contribution in [3.05, 3.63) is 0 Å². The standard InChI is InChI=1S/C26H31F9O6S2/c1-21(27,28)8-18(36)40-11-17-14(10-39-19(37)9-24(31,32)26(33,34)35)12-42-25(43-17)15-3-13-4-16(25)7-23(5-13,6-15)41-20(38)22(2,29)30/h13-17H,3-12H2,1-2H3. The lowest BCUT2D eigenvalue weighted by molar-refractivity contribution is -0.284. The molecule has 4 atom stereocenters. The van der Waals surface area contributed by atoms with Gasteiger partial charge in [0.1, 0.15) is 25.0 Å². The number of carbonyl (C=O) groups is 3. The number of thioether (sulfide) groups is 2. The Morgan fingerprint density at radius 1 is 0.814 bits per heavy atom. The predicted molar refractivity (Wildman–Crippen MR) is 136 cm³/mol. The molecule has 0 aromatic rings. The summed E-state index contributed by atoms with van der Waals surface area (Å²) in [6.45, 7) is -0.0184. The van der Waals surface area contributed by atoms with Crippen LogP contribution in [0.3, 0.4) is 0 Å². The number of halogens is 9. The van der Waals surface area contributed by atoms with Gasteiger partial charge in [-0.2, -0.15) is 30.7 Å². The minimum absolute atomic E-state index is 0.111. The molecule has 4 bridgehead atoms. The molecular formula is C26H31F9O6S2. The van der Waals surface area contributed by atoms with Gasteiger partial charge in [0, 0.05) is 23.8 Å². The average Bonchev–Trinajstić information content (AvgIpc) is 2.82. The van der Waals surface area contributed by atoms with Gasteiger partial charge in [-0.1, -0.05) is 0 Å². The fourth-order valence-electron chi connectivity index (χ4n) is 6.74. The highest BCUT2D eigenvalue weighted by Crippen LogP contribution is 2.71. The van der Waals surface area contributed by atoms with Crippen LogP contribution in [0.2, 0.25) is 0 Å². The van der Waals surface area contributed by atoms with E-state index in [1.54, 1.807) is 0 Å². The van der Waals surface area contributed by atoms with E-state index >= 15 is 0 Å². The van der Waals surface area contributed by atoms with Crippen molar-refractivity contribution in [1.29, 1.82) is 0 Å². The van der Waals surface area contributed by atoms with E-state index in [-0.39, 0.29) is 23.5 Å². The van der Waals surface area contributed by atoms with E-state index in [2.05, 4.69) is 0 Å². The molecule has 0 N–H and O–H groups in total. The number of rotatable bonds is 10. The fourth-order valence-corrected chi connectivity index (χ4v) is 11.1. The molecule has 4 aliphatic carbocycles. The number of carbonyl (C=O) groups excluding carboxylic acids is 3. The highest BCUT2D eigenvalue weighted by Gasteiger charge is 2.66. The van der Waals surface area contributed by atoms with Crippen LogP contribution in [0.4, 0.5) is 39.5 Å². The lowest BCUT2D eigenvalue weighted by Crippen LogP contribution is -2.64. The van der Waals surface area contributed by atoms with Crippen molar-refractivity contribution in [1.82, 2.24) is 0 Å². The van der Waals surface area contributed by atoms with Gasteiger partial charge in [-0.25, -0.2) is 13.6 Å². The molecule has 0 aromatic carbocycles. The number of esters is 3. The Morgan fingerprint density at radius 3 is 1.91 bits per heavy atom. The van der Waals surface area contributed by atoms with Crippen molar-refractivity contribution in [3.63, 3.8) is 0 Å². The van der Waals surface area contributed by atoms with Crippen LogP contribution in [0.1, 0.15) is 58.8 Å². The fraction of sp³-hybridized carbons (Fsp3) is 0.885. The zero-order chi connectivity index (χ0) is 32.2. The molecule has 43 heavy (non-hydrogen) atoms. The van der Waals surface area contributed by atoms with E-state index in [9.17, 15) is 53.9 Å². The van der Waals surface area contributed by atoms with Crippen LogP contribution < -0.4 is 0 Å². The zero-order valence-corrected chi connectivity index (χ0v) is 24.8. The second-order valence-electron chi connectivity index (χ2n) is 12.2. The smallest absolute Gasteiger partial charge is 0.453 e. The average molecular weight is 675 g/mol. The summed E-state index contributed by atoms with van der Waals surface area (Å²) in [7, 11) is 0. The summed E-state index contributed by atoms with van der Waals surface area (Å²) in [6.07, 6.45) is -6.96. The monoisotopic (exact) mass is 674 g/mol. The van der Waals surface area contributed by atoms with E-state index in [1.807, 2.05) is 0 Å². The van der Waals surface area contributed by atoms with Crippen molar-refractivity contribution < 1.29 is 68.1 Å². The van der Waals surface area contributed by atoms with Crippen LogP contribution in [0.15, 0.2) is 0 Å². The van der Waals surface area contributed by atoms with Crippen molar-refractivity contribution >= 4 is 41.4 Å². The Labute approximate surface area is 249 Å². The number of ether oxygens (including phenoxy) is 3. The molecule has 0 aromatic heterocycles. The van der Waals surface area contributed by atoms with Gasteiger partial charge in [0.15, 0.2) is 0 Å². The molecule has 6 nitrogen and oxygen atoms in total. The number of alkyl halides is 9. The minimum atomic E-state index is -5.95. The van der Waals surface area contributed by atoms with Gasteiger partial charge in [-0.3, -0.25) is 9.59 Å². The van der Waals surface area contributed by atoms with Crippen LogP contribution in [-0.2, 0) is 28.6 Å². The maximum atomic E-state index is 13.7. The van der Waals surface area contributed by atoms with E-state index in [4.69, 9.17) is 14.2 Å². The Balaban J connectivity index is 1.48. The van der Waals surface area contributed by atoms with E-state index in [0.717, 1.165) is 0 Å². The summed E-state index contributed by atoms with van der Waals surface area (Å²) in [5.41, 5.74) is -1.07. The molecule has 4 unspecified atom stereocenters. The summed E-state index contributed by atoms with van der Waals surface area (Å²) in [6, 6.07) is 0. The van der Waals surface area contributed by atoms with Gasteiger partial charge >= 0.3 is 35.9 Å². The second kappa shape index (κ2) is 11.7. The van der Waals surface area contributed by atoms with Gasteiger partial charge in [0.05, 0.1) is 10.7 Å². The van der Waals surface area contributed by atoms with Crippen molar-refractivity contribution in [2.24, 2.45) is 23.7 Å². The summed E-state index contributed by atoms with van der Waals surface area (Å²) < 4.78 is 133. The lowest BCUT2D eigenvalue weighted by Gasteiger charge is -2.65. The van der Waals surface area contributed by atoms with Gasteiger partial charge in [-0.15, -0.1) is 23.5 Å². The van der Waals surface area contributed by atoms with Crippen molar-refractivity contribution in [2.45, 2.75) is 97.7 Å². The first-order valence-corrected chi connectivity index (χ1v) is 15.5. The molecule has 246 valence electrons. The number of hydrogen-bond acceptors (Lipinski definition) is 8. The third kappa shape index (κ3) is 7.66. The quantitative estimate of drug-likeness (QED) is 0.145. The maximum Gasteiger partial charge on any atom is 0.453 e. The molecule has 1 spiro atoms. The van der Waals surface area contributed by atoms with Gasteiger partial charge < -0.3 is 14.2 Å². The summed E-state index contributed by atoms with van der Waals surface area (Å²) in [5, 5.41) is -0.720. The molecule has 0 amide bonds. The van der Waals surface area contributed by atoms with Crippen molar-refractivity contribution in [3.8, 4) is 0 Å². The Hall–Kier alpha value is -1.52. The molecule has 1 aliphatic heterocycles. The topological polar surface area (TPSA) is 78.9 Å². The van der Waals surface area contributed by atoms with Crippen LogP contribution in [0.5, 0.6) is 0 Å². The first kappa shape index (κ1) is 34.4. The van der Waals surface area contributed by atoms with Gasteiger partial charge in [0.25, 0.3) is 5.92 Å². The van der Waals surface area contributed by atoms with E-state index in [1.165, 1.54) is 23.5 Å². The lowest BCUT2D eigenvalue weighted by atomic mass is 9.53. The molecule has 5 aliphatic rings. The Kier molecular flexibility index (Phi) is 9.34. The normalized spacial score (nSPS) is 34.3. The first-order chi connectivity index (χ1) is 19.5. The minimum Gasteiger partial charge on any atom is -0.465 e. The number of hydrogen-bond donors (Lipinski definition) is 0. The van der Waals surface area contributed by atoms with Crippen LogP contribution in [-0.4, -0.2) is 75.7 Å². The third-order valence-corrected chi connectivity index (χ3v) is 12.6. The molecule has 5 fully saturated rings. The molecule has 4 saturated carbocycles. The highest BCUT2D eigenvalue weighted by molar-refractivity contribution is 8.19. The molecular weight excluding hydrogens is 643 g/mol. The highest BCUT2D eigenvalue weighted by atomic mass is 32.2. The third-order valence-electron chi connectivity index (χ3n) is 8.43. The second-order valence-corrected chi connectivity index (χ2v) is 15.3. The van der Waals surface area contributed by atoms with Crippen LogP contribution >= 0.6 is 23.5 Å². The maximum absolute atomic E-state index is 13.7. The van der Waals surface area contributed by atoms with Crippen LogP contribution in [0.25, 0.3) is 0 Å². The molecule has 1 saturated heterocycles. The summed E-state index contributed by atoms with van der Waals surface area (Å²) in [5.74, 6) is -17.6. The van der Waals surface area contributed by atoms with Gasteiger partial charge in [-0.05, 0) is 56.8 Å². The SMILES string of the molecule is CC(F)(F)CC(=O)OCC1SC2(SCC1COC(=O)CC(F)(F)C(F)(F)F)C1CC3CC2CC(OC(=O)C(C)(F)F)(C3)C1. The largest absolute Gasteiger partial charge is 0.465 e. The predicted octanol–water partition coefficient (Wildman–Crippen LogP) is 6.64. The van der Waals surface area contributed by atoms with E-state index in [0.29, 0.717) is 46.0 Å². The zero-order valence-electron chi connectivity index (χ0n) is 23.1. The summed E-state index contributed by atoms with van der Waals surface area (Å²) >= 11 is 2.76. The molecule has 0 radical (unpaired) electrons. The Bertz CT molecular complexity index is 1070. The van der Waals surface area contributed by atoms with E-state index < -0.39 is 88.8 Å². The van der Waals surface area contributed by atoms with Crippen molar-refractivity contribution in [2.75, 3.05) is 19.0 Å². The molecule has 5 rings (SSSR count). The Morgan fingerprint density at radius 2 is 1.37 bits per heavy atom. The molecule has 17 heteroatoms. The summed E-state index contributed by atoms with van der Waals surface area (Å²) in [4.78, 5) is 36.0. The molecule has 1 heterocycles.